The maximum Gasteiger partial charge on any atom is 0.242 e. The predicted octanol–water partition coefficient (Wildman–Crippen LogP) is 1.76. The zero-order valence-corrected chi connectivity index (χ0v) is 10.5. The highest BCUT2D eigenvalue weighted by Crippen LogP contribution is 2.30. The first-order valence-electron chi connectivity index (χ1n) is 5.93. The van der Waals surface area contributed by atoms with Crippen molar-refractivity contribution < 1.29 is 4.79 Å². The molecule has 3 heteroatoms. The van der Waals surface area contributed by atoms with Crippen molar-refractivity contribution >= 4 is 5.91 Å². The van der Waals surface area contributed by atoms with Gasteiger partial charge in [-0.3, -0.25) is 4.79 Å². The van der Waals surface area contributed by atoms with Gasteiger partial charge >= 0.3 is 0 Å². The zero-order chi connectivity index (χ0) is 11.7. The maximum absolute atomic E-state index is 12.2. The Morgan fingerprint density at radius 1 is 1.40 bits per heavy atom. The Kier molecular flexibility index (Phi) is 3.44. The predicted molar refractivity (Wildman–Crippen MR) is 62.5 cm³/mol. The minimum atomic E-state index is -0.638. The number of hydrogen-bond donors (Lipinski definition) is 1. The van der Waals surface area contributed by atoms with E-state index in [0.717, 1.165) is 32.4 Å². The van der Waals surface area contributed by atoms with Crippen LogP contribution in [0.2, 0.25) is 0 Å². The van der Waals surface area contributed by atoms with Crippen molar-refractivity contribution in [1.29, 1.82) is 0 Å². The lowest BCUT2D eigenvalue weighted by Gasteiger charge is -2.31. The van der Waals surface area contributed by atoms with E-state index in [-0.39, 0.29) is 11.3 Å². The molecule has 1 amide bonds. The van der Waals surface area contributed by atoms with Crippen LogP contribution in [0.4, 0.5) is 0 Å². The van der Waals surface area contributed by atoms with E-state index in [9.17, 15) is 4.79 Å². The quantitative estimate of drug-likeness (QED) is 0.775. The molecular formula is C12H24N2O. The monoisotopic (exact) mass is 212 g/mol. The first kappa shape index (κ1) is 12.5. The van der Waals surface area contributed by atoms with Crippen molar-refractivity contribution in [2.75, 3.05) is 13.1 Å². The van der Waals surface area contributed by atoms with Gasteiger partial charge in [-0.2, -0.15) is 0 Å². The van der Waals surface area contributed by atoms with Crippen molar-refractivity contribution in [3.63, 3.8) is 0 Å². The number of likely N-dealkylation sites (tertiary alicyclic amines) is 1. The lowest BCUT2D eigenvalue weighted by molar-refractivity contribution is -0.136. The highest BCUT2D eigenvalue weighted by atomic mass is 16.2. The van der Waals surface area contributed by atoms with Crippen LogP contribution in [0.3, 0.4) is 0 Å². The summed E-state index contributed by atoms with van der Waals surface area (Å²) in [5, 5.41) is 0. The minimum Gasteiger partial charge on any atom is -0.341 e. The lowest BCUT2D eigenvalue weighted by atomic mass is 9.91. The molecule has 0 radical (unpaired) electrons. The number of nitrogens with two attached hydrogens (primary N) is 1. The highest BCUT2D eigenvalue weighted by Gasteiger charge is 2.39. The SMILES string of the molecule is CCC(N)(CC)C(=O)N1CCC(C)(C)C1. The average Bonchev–Trinajstić information content (AvgIpc) is 2.56. The van der Waals surface area contributed by atoms with E-state index >= 15 is 0 Å². The van der Waals surface area contributed by atoms with Crippen molar-refractivity contribution in [3.05, 3.63) is 0 Å². The molecule has 0 aliphatic carbocycles. The summed E-state index contributed by atoms with van der Waals surface area (Å²) in [5.74, 6) is 0.137. The van der Waals surface area contributed by atoms with Gasteiger partial charge in [-0.15, -0.1) is 0 Å². The molecule has 0 saturated carbocycles. The average molecular weight is 212 g/mol. The van der Waals surface area contributed by atoms with Gasteiger partial charge in [-0.25, -0.2) is 0 Å². The van der Waals surface area contributed by atoms with Crippen molar-refractivity contribution in [2.45, 2.75) is 52.5 Å². The van der Waals surface area contributed by atoms with Crippen LogP contribution >= 0.6 is 0 Å². The van der Waals surface area contributed by atoms with E-state index in [2.05, 4.69) is 13.8 Å². The summed E-state index contributed by atoms with van der Waals surface area (Å²) in [5.41, 5.74) is 5.74. The molecule has 0 aromatic rings. The maximum atomic E-state index is 12.2. The van der Waals surface area contributed by atoms with E-state index in [1.807, 2.05) is 18.7 Å². The zero-order valence-electron chi connectivity index (χ0n) is 10.5. The number of hydrogen-bond acceptors (Lipinski definition) is 2. The van der Waals surface area contributed by atoms with Crippen LogP contribution in [0.1, 0.15) is 47.0 Å². The summed E-state index contributed by atoms with van der Waals surface area (Å²) in [7, 11) is 0. The van der Waals surface area contributed by atoms with Gasteiger partial charge in [0, 0.05) is 13.1 Å². The third kappa shape index (κ3) is 2.51. The summed E-state index contributed by atoms with van der Waals surface area (Å²) in [6.45, 7) is 10.1. The largest absolute Gasteiger partial charge is 0.341 e. The third-order valence-electron chi connectivity index (χ3n) is 3.65. The van der Waals surface area contributed by atoms with Crippen LogP contribution < -0.4 is 5.73 Å². The van der Waals surface area contributed by atoms with Crippen molar-refractivity contribution in [2.24, 2.45) is 11.1 Å². The van der Waals surface area contributed by atoms with Crippen molar-refractivity contribution in [3.8, 4) is 0 Å². The second kappa shape index (κ2) is 4.12. The molecule has 0 aromatic carbocycles. The molecule has 0 atom stereocenters. The van der Waals surface area contributed by atoms with Crippen LogP contribution in [0.15, 0.2) is 0 Å². The number of carbonyl (C=O) groups is 1. The molecule has 1 heterocycles. The number of rotatable bonds is 3. The fourth-order valence-electron chi connectivity index (χ4n) is 2.15. The molecule has 15 heavy (non-hydrogen) atoms. The van der Waals surface area contributed by atoms with Crippen LogP contribution in [0, 0.1) is 5.41 Å². The third-order valence-corrected chi connectivity index (χ3v) is 3.65. The molecular weight excluding hydrogens is 188 g/mol. The van der Waals surface area contributed by atoms with Gasteiger partial charge in [0.25, 0.3) is 0 Å². The molecule has 0 unspecified atom stereocenters. The molecule has 1 aliphatic heterocycles. The summed E-state index contributed by atoms with van der Waals surface area (Å²) in [4.78, 5) is 14.2. The summed E-state index contributed by atoms with van der Waals surface area (Å²) in [6, 6.07) is 0. The van der Waals surface area contributed by atoms with Crippen LogP contribution in [0.25, 0.3) is 0 Å². The fourth-order valence-corrected chi connectivity index (χ4v) is 2.15. The van der Waals surface area contributed by atoms with Gasteiger partial charge in [0.05, 0.1) is 5.54 Å². The van der Waals surface area contributed by atoms with Gasteiger partial charge in [-0.05, 0) is 24.7 Å². The molecule has 1 aliphatic rings. The second-order valence-corrected chi connectivity index (χ2v) is 5.50. The molecule has 1 fully saturated rings. The van der Waals surface area contributed by atoms with E-state index in [4.69, 9.17) is 5.73 Å². The van der Waals surface area contributed by atoms with Gasteiger partial charge in [0.15, 0.2) is 0 Å². The highest BCUT2D eigenvalue weighted by molar-refractivity contribution is 5.86. The molecule has 0 aromatic heterocycles. The van der Waals surface area contributed by atoms with Crippen molar-refractivity contribution in [1.82, 2.24) is 4.90 Å². The Morgan fingerprint density at radius 3 is 2.27 bits per heavy atom. The molecule has 2 N–H and O–H groups in total. The lowest BCUT2D eigenvalue weighted by Crippen LogP contribution is -2.54. The number of amides is 1. The molecule has 1 rings (SSSR count). The Balaban J connectivity index is 2.70. The van der Waals surface area contributed by atoms with Gasteiger partial charge in [-0.1, -0.05) is 27.7 Å². The minimum absolute atomic E-state index is 0.137. The molecule has 0 spiro atoms. The van der Waals surface area contributed by atoms with Gasteiger partial charge in [0.1, 0.15) is 0 Å². The topological polar surface area (TPSA) is 46.3 Å². The fraction of sp³-hybridized carbons (Fsp3) is 0.917. The Morgan fingerprint density at radius 2 is 1.93 bits per heavy atom. The molecule has 3 nitrogen and oxygen atoms in total. The van der Waals surface area contributed by atoms with E-state index in [1.165, 1.54) is 0 Å². The first-order valence-corrected chi connectivity index (χ1v) is 5.93. The van der Waals surface area contributed by atoms with Gasteiger partial charge in [0.2, 0.25) is 5.91 Å². The number of nitrogens with zero attached hydrogens (tertiary/aromatic N) is 1. The summed E-state index contributed by atoms with van der Waals surface area (Å²) in [6.07, 6.45) is 2.53. The Bertz CT molecular complexity index is 244. The van der Waals surface area contributed by atoms with E-state index in [0.29, 0.717) is 0 Å². The standard InChI is InChI=1S/C12H24N2O/c1-5-12(13,6-2)10(15)14-8-7-11(3,4)9-14/h5-9,13H2,1-4H3. The molecule has 88 valence electrons. The van der Waals surface area contributed by atoms with Crippen LogP contribution in [-0.2, 0) is 4.79 Å². The molecule has 1 saturated heterocycles. The van der Waals surface area contributed by atoms with E-state index in [1.54, 1.807) is 0 Å². The van der Waals surface area contributed by atoms with Crippen LogP contribution in [0.5, 0.6) is 0 Å². The Labute approximate surface area is 93.0 Å². The van der Waals surface area contributed by atoms with Gasteiger partial charge < -0.3 is 10.6 Å². The normalized spacial score (nSPS) is 20.7. The van der Waals surface area contributed by atoms with E-state index < -0.39 is 5.54 Å². The smallest absolute Gasteiger partial charge is 0.242 e. The number of carbonyl (C=O) groups excluding carboxylic acids is 1. The summed E-state index contributed by atoms with van der Waals surface area (Å²) >= 11 is 0. The first-order chi connectivity index (χ1) is 6.84. The second-order valence-electron chi connectivity index (χ2n) is 5.50. The van der Waals surface area contributed by atoms with Crippen LogP contribution in [-0.4, -0.2) is 29.4 Å². The summed E-state index contributed by atoms with van der Waals surface area (Å²) < 4.78 is 0. The Hall–Kier alpha value is -0.570. The molecule has 0 bridgehead atoms.